The van der Waals surface area contributed by atoms with E-state index in [0.29, 0.717) is 22.4 Å². The standard InChI is InChI=1S/C20H23N3O2S2/c1-12-18(13-8-10-23(12)11-9-13)22-20(25)16-6-7-17(27-16)26-15-5-3-2-4-14(15)19(21)24/h2-7,12-13,18H,8-11H2,1H3,(H2,21,24)(H,22,25)/t12-,18+/m1/s1. The van der Waals surface area contributed by atoms with Crippen molar-refractivity contribution in [3.8, 4) is 0 Å². The summed E-state index contributed by atoms with van der Waals surface area (Å²) in [7, 11) is 0. The molecule has 1 aromatic heterocycles. The molecule has 4 heterocycles. The third kappa shape index (κ3) is 3.77. The summed E-state index contributed by atoms with van der Waals surface area (Å²) in [5.74, 6) is 0.148. The zero-order valence-corrected chi connectivity index (χ0v) is 16.8. The number of hydrogen-bond donors (Lipinski definition) is 2. The Bertz CT molecular complexity index is 856. The second kappa shape index (κ2) is 7.66. The molecule has 1 aromatic carbocycles. The summed E-state index contributed by atoms with van der Waals surface area (Å²) in [5, 5.41) is 3.27. The fourth-order valence-corrected chi connectivity index (χ4v) is 6.26. The summed E-state index contributed by atoms with van der Waals surface area (Å²) < 4.78 is 0.968. The molecule has 0 saturated carbocycles. The van der Waals surface area contributed by atoms with Gasteiger partial charge in [0.25, 0.3) is 5.91 Å². The number of piperidine rings is 3. The molecule has 27 heavy (non-hydrogen) atoms. The lowest BCUT2D eigenvalue weighted by Crippen LogP contribution is -2.62. The molecule has 3 aliphatic heterocycles. The molecule has 5 nitrogen and oxygen atoms in total. The molecule has 2 amide bonds. The van der Waals surface area contributed by atoms with E-state index in [0.717, 1.165) is 22.2 Å². The average Bonchev–Trinajstić information content (AvgIpc) is 3.14. The Morgan fingerprint density at radius 3 is 2.63 bits per heavy atom. The predicted octanol–water partition coefficient (Wildman–Crippen LogP) is 3.21. The van der Waals surface area contributed by atoms with Crippen molar-refractivity contribution in [1.82, 2.24) is 10.2 Å². The molecule has 0 spiro atoms. The Kier molecular flexibility index (Phi) is 5.25. The lowest BCUT2D eigenvalue weighted by molar-refractivity contribution is 0.0218. The number of rotatable bonds is 5. The molecule has 3 fully saturated rings. The molecule has 3 saturated heterocycles. The van der Waals surface area contributed by atoms with Crippen LogP contribution in [0.1, 0.15) is 39.8 Å². The minimum absolute atomic E-state index is 0.000589. The van der Waals surface area contributed by atoms with Crippen molar-refractivity contribution < 1.29 is 9.59 Å². The van der Waals surface area contributed by atoms with Crippen molar-refractivity contribution in [1.29, 1.82) is 0 Å². The number of hydrogen-bond acceptors (Lipinski definition) is 5. The molecule has 0 radical (unpaired) electrons. The minimum Gasteiger partial charge on any atom is -0.366 e. The van der Waals surface area contributed by atoms with Gasteiger partial charge in [0.2, 0.25) is 5.91 Å². The number of carbonyl (C=O) groups is 2. The van der Waals surface area contributed by atoms with Crippen LogP contribution in [-0.2, 0) is 0 Å². The number of benzene rings is 1. The third-order valence-electron chi connectivity index (χ3n) is 5.64. The van der Waals surface area contributed by atoms with Crippen molar-refractivity contribution in [2.24, 2.45) is 11.7 Å². The van der Waals surface area contributed by atoms with Gasteiger partial charge in [-0.2, -0.15) is 0 Å². The maximum Gasteiger partial charge on any atom is 0.261 e. The molecular weight excluding hydrogens is 378 g/mol. The van der Waals surface area contributed by atoms with Crippen LogP contribution in [0.4, 0.5) is 0 Å². The summed E-state index contributed by atoms with van der Waals surface area (Å²) in [6, 6.07) is 11.7. The predicted molar refractivity (Wildman–Crippen MR) is 108 cm³/mol. The van der Waals surface area contributed by atoms with E-state index in [1.165, 1.54) is 35.9 Å². The SMILES string of the molecule is C[C@@H]1[C@H](NC(=O)c2ccc(Sc3ccccc3C(N)=O)s2)C2CCN1CC2. The smallest absolute Gasteiger partial charge is 0.261 e. The highest BCUT2D eigenvalue weighted by Gasteiger charge is 2.40. The molecule has 0 aliphatic carbocycles. The van der Waals surface area contributed by atoms with Crippen LogP contribution in [-0.4, -0.2) is 41.9 Å². The zero-order chi connectivity index (χ0) is 19.0. The van der Waals surface area contributed by atoms with Crippen molar-refractivity contribution in [2.45, 2.75) is 41.0 Å². The number of amides is 2. The Morgan fingerprint density at radius 2 is 1.93 bits per heavy atom. The van der Waals surface area contributed by atoms with Crippen molar-refractivity contribution >= 4 is 34.9 Å². The van der Waals surface area contributed by atoms with Gasteiger partial charge in [0.1, 0.15) is 0 Å². The Morgan fingerprint density at radius 1 is 1.19 bits per heavy atom. The van der Waals surface area contributed by atoms with E-state index >= 15 is 0 Å². The first-order valence-electron chi connectivity index (χ1n) is 9.24. The van der Waals surface area contributed by atoms with Crippen LogP contribution in [0, 0.1) is 5.92 Å². The molecule has 3 N–H and O–H groups in total. The number of nitrogens with two attached hydrogens (primary N) is 1. The van der Waals surface area contributed by atoms with Gasteiger partial charge in [-0.05, 0) is 63.0 Å². The Balaban J connectivity index is 1.45. The van der Waals surface area contributed by atoms with Crippen LogP contribution >= 0.6 is 23.1 Å². The van der Waals surface area contributed by atoms with Gasteiger partial charge in [-0.3, -0.25) is 14.5 Å². The summed E-state index contributed by atoms with van der Waals surface area (Å²) in [5.41, 5.74) is 5.95. The van der Waals surface area contributed by atoms with Gasteiger partial charge in [0, 0.05) is 17.0 Å². The van der Waals surface area contributed by atoms with E-state index in [2.05, 4.69) is 17.1 Å². The Hall–Kier alpha value is -1.83. The van der Waals surface area contributed by atoms with Crippen molar-refractivity contribution in [3.05, 3.63) is 46.8 Å². The van der Waals surface area contributed by atoms with Gasteiger partial charge in [0.15, 0.2) is 0 Å². The summed E-state index contributed by atoms with van der Waals surface area (Å²) in [6.07, 6.45) is 2.34. The number of carbonyl (C=O) groups excluding carboxylic acids is 2. The second-order valence-electron chi connectivity index (χ2n) is 7.19. The summed E-state index contributed by atoms with van der Waals surface area (Å²) in [4.78, 5) is 28.3. The highest BCUT2D eigenvalue weighted by Crippen LogP contribution is 2.36. The van der Waals surface area contributed by atoms with E-state index in [9.17, 15) is 9.59 Å². The van der Waals surface area contributed by atoms with Crippen LogP contribution in [0.15, 0.2) is 45.5 Å². The number of thiophene rings is 1. The van der Waals surface area contributed by atoms with Crippen LogP contribution in [0.25, 0.3) is 0 Å². The van der Waals surface area contributed by atoms with Gasteiger partial charge in [-0.15, -0.1) is 11.3 Å². The summed E-state index contributed by atoms with van der Waals surface area (Å²) in [6.45, 7) is 4.52. The molecule has 2 aromatic rings. The first-order chi connectivity index (χ1) is 13.0. The number of primary amides is 1. The average molecular weight is 402 g/mol. The number of nitrogens with zero attached hydrogens (tertiary/aromatic N) is 1. The minimum atomic E-state index is -0.441. The molecule has 0 unspecified atom stereocenters. The largest absolute Gasteiger partial charge is 0.366 e. The van der Waals surface area contributed by atoms with E-state index in [1.807, 2.05) is 24.3 Å². The van der Waals surface area contributed by atoms with Gasteiger partial charge in [-0.1, -0.05) is 23.9 Å². The van der Waals surface area contributed by atoms with Crippen LogP contribution in [0.2, 0.25) is 0 Å². The van der Waals surface area contributed by atoms with Crippen LogP contribution in [0.3, 0.4) is 0 Å². The monoisotopic (exact) mass is 401 g/mol. The van der Waals surface area contributed by atoms with Gasteiger partial charge in [0.05, 0.1) is 14.6 Å². The zero-order valence-electron chi connectivity index (χ0n) is 15.2. The van der Waals surface area contributed by atoms with Crippen molar-refractivity contribution in [3.63, 3.8) is 0 Å². The lowest BCUT2D eigenvalue weighted by atomic mass is 9.79. The third-order valence-corrected chi connectivity index (χ3v) is 7.94. The molecule has 2 atom stereocenters. The number of nitrogens with one attached hydrogen (secondary N) is 1. The van der Waals surface area contributed by atoms with Gasteiger partial charge in [-0.25, -0.2) is 0 Å². The molecular formula is C20H23N3O2S2. The van der Waals surface area contributed by atoms with Crippen molar-refractivity contribution in [2.75, 3.05) is 13.1 Å². The van der Waals surface area contributed by atoms with Gasteiger partial charge < -0.3 is 11.1 Å². The Labute approximate surface area is 167 Å². The molecule has 3 aliphatic rings. The van der Waals surface area contributed by atoms with E-state index in [4.69, 9.17) is 5.73 Å². The molecule has 5 rings (SSSR count). The molecule has 142 valence electrons. The molecule has 2 bridgehead atoms. The summed E-state index contributed by atoms with van der Waals surface area (Å²) >= 11 is 2.92. The highest BCUT2D eigenvalue weighted by atomic mass is 32.2. The second-order valence-corrected chi connectivity index (χ2v) is 9.62. The normalized spacial score (nSPS) is 26.7. The number of fused-ring (bicyclic) bond motifs is 3. The van der Waals surface area contributed by atoms with E-state index in [-0.39, 0.29) is 11.9 Å². The van der Waals surface area contributed by atoms with E-state index < -0.39 is 5.91 Å². The van der Waals surface area contributed by atoms with E-state index in [1.54, 1.807) is 12.1 Å². The maximum absolute atomic E-state index is 12.8. The molecule has 7 heteroatoms. The fraction of sp³-hybridized carbons (Fsp3) is 0.400. The van der Waals surface area contributed by atoms with Gasteiger partial charge >= 0.3 is 0 Å². The highest BCUT2D eigenvalue weighted by molar-refractivity contribution is 8.01. The fourth-order valence-electron chi connectivity index (χ4n) is 4.13. The first kappa shape index (κ1) is 18.5. The topological polar surface area (TPSA) is 75.4 Å². The van der Waals surface area contributed by atoms with Crippen LogP contribution in [0.5, 0.6) is 0 Å². The lowest BCUT2D eigenvalue weighted by Gasteiger charge is -2.49. The van der Waals surface area contributed by atoms with Crippen LogP contribution < -0.4 is 11.1 Å². The maximum atomic E-state index is 12.8. The quantitative estimate of drug-likeness (QED) is 0.807. The first-order valence-corrected chi connectivity index (χ1v) is 10.9.